The Balaban J connectivity index is 3.98. The molecule has 0 amide bonds. The highest BCUT2D eigenvalue weighted by atomic mass is 32.2. The molecule has 3 nitrogen and oxygen atoms in total. The second-order valence-electron chi connectivity index (χ2n) is 5.67. The zero-order valence-corrected chi connectivity index (χ0v) is 12.7. The van der Waals surface area contributed by atoms with E-state index < -0.39 is 18.0 Å². The standard InChI is InChI=1S/C10H25NO2SSi/c1-10(2,3)15(5,6)13-8-7-9-14(4,11)12/h11H,7-9H2,1-6H3/t14-/m1/s1. The molecule has 5 heteroatoms. The molecule has 0 bridgehead atoms. The highest BCUT2D eigenvalue weighted by Gasteiger charge is 2.36. The zero-order chi connectivity index (χ0) is 12.3. The highest BCUT2D eigenvalue weighted by Crippen LogP contribution is 2.36. The lowest BCUT2D eigenvalue weighted by molar-refractivity contribution is 0.288. The van der Waals surface area contributed by atoms with Crippen molar-refractivity contribution < 1.29 is 8.63 Å². The van der Waals surface area contributed by atoms with Crippen LogP contribution in [0.5, 0.6) is 0 Å². The van der Waals surface area contributed by atoms with Crippen molar-refractivity contribution in [2.45, 2.75) is 45.3 Å². The van der Waals surface area contributed by atoms with Gasteiger partial charge in [-0.3, -0.25) is 8.99 Å². The molecule has 0 aromatic heterocycles. The van der Waals surface area contributed by atoms with Gasteiger partial charge in [-0.05, 0) is 24.6 Å². The van der Waals surface area contributed by atoms with Crippen molar-refractivity contribution in [1.82, 2.24) is 0 Å². The van der Waals surface area contributed by atoms with Gasteiger partial charge in [0.25, 0.3) is 0 Å². The molecule has 1 atom stereocenters. The van der Waals surface area contributed by atoms with E-state index in [4.69, 9.17) is 9.21 Å². The molecule has 0 spiro atoms. The Morgan fingerprint density at radius 2 is 1.80 bits per heavy atom. The van der Waals surface area contributed by atoms with E-state index in [-0.39, 0.29) is 5.04 Å². The first kappa shape index (κ1) is 15.1. The first-order valence-corrected chi connectivity index (χ1v) is 10.4. The summed E-state index contributed by atoms with van der Waals surface area (Å²) in [6, 6.07) is 0. The second-order valence-corrected chi connectivity index (χ2v) is 12.9. The minimum Gasteiger partial charge on any atom is -0.417 e. The van der Waals surface area contributed by atoms with Crippen LogP contribution in [0.25, 0.3) is 0 Å². The summed E-state index contributed by atoms with van der Waals surface area (Å²) in [5, 5.41) is 0.224. The van der Waals surface area contributed by atoms with Crippen LogP contribution >= 0.6 is 0 Å². The molecule has 0 aliphatic rings. The van der Waals surface area contributed by atoms with Gasteiger partial charge in [-0.25, -0.2) is 0 Å². The summed E-state index contributed by atoms with van der Waals surface area (Å²) in [4.78, 5) is 0. The first-order valence-electron chi connectivity index (χ1n) is 5.31. The van der Waals surface area contributed by atoms with Crippen LogP contribution in [0, 0.1) is 4.78 Å². The molecular formula is C10H25NO2SSi. The topological polar surface area (TPSA) is 50.1 Å². The summed E-state index contributed by atoms with van der Waals surface area (Å²) in [6.07, 6.45) is 2.21. The van der Waals surface area contributed by atoms with Gasteiger partial charge in [0.05, 0.1) is 0 Å². The molecule has 0 unspecified atom stereocenters. The van der Waals surface area contributed by atoms with Crippen molar-refractivity contribution in [2.75, 3.05) is 18.6 Å². The molecule has 0 saturated carbocycles. The summed E-state index contributed by atoms with van der Waals surface area (Å²) in [5.74, 6) is 0.446. The quantitative estimate of drug-likeness (QED) is 0.603. The van der Waals surface area contributed by atoms with Crippen molar-refractivity contribution >= 4 is 18.0 Å². The zero-order valence-electron chi connectivity index (χ0n) is 10.8. The van der Waals surface area contributed by atoms with E-state index in [0.29, 0.717) is 12.4 Å². The lowest BCUT2D eigenvalue weighted by Crippen LogP contribution is -2.41. The van der Waals surface area contributed by atoms with Gasteiger partial charge < -0.3 is 4.43 Å². The highest BCUT2D eigenvalue weighted by molar-refractivity contribution is 7.91. The smallest absolute Gasteiger partial charge is 0.191 e. The third-order valence-electron chi connectivity index (χ3n) is 2.95. The molecule has 0 aliphatic heterocycles. The van der Waals surface area contributed by atoms with Gasteiger partial charge in [0.1, 0.15) is 0 Å². The fraction of sp³-hybridized carbons (Fsp3) is 1.00. The molecule has 1 N–H and O–H groups in total. The number of rotatable bonds is 5. The van der Waals surface area contributed by atoms with E-state index in [1.54, 1.807) is 0 Å². The van der Waals surface area contributed by atoms with Gasteiger partial charge in [0, 0.05) is 28.3 Å². The predicted molar refractivity (Wildman–Crippen MR) is 69.4 cm³/mol. The number of hydrogen-bond acceptors (Lipinski definition) is 3. The molecular weight excluding hydrogens is 226 g/mol. The molecule has 0 aromatic rings. The number of hydrogen-bond donors (Lipinski definition) is 1. The Labute approximate surface area is 95.7 Å². The third-order valence-corrected chi connectivity index (χ3v) is 8.55. The van der Waals surface area contributed by atoms with Crippen molar-refractivity contribution in [2.24, 2.45) is 0 Å². The van der Waals surface area contributed by atoms with Crippen LogP contribution in [0.15, 0.2) is 0 Å². The van der Waals surface area contributed by atoms with Crippen LogP contribution in [0.3, 0.4) is 0 Å². The average Bonchev–Trinajstić information content (AvgIpc) is 1.94. The Hall–Kier alpha value is 0.127. The summed E-state index contributed by atoms with van der Waals surface area (Å²) in [5.41, 5.74) is 0. The molecule has 0 radical (unpaired) electrons. The predicted octanol–water partition coefficient (Wildman–Crippen LogP) is 3.07. The monoisotopic (exact) mass is 251 g/mol. The van der Waals surface area contributed by atoms with E-state index in [2.05, 4.69) is 33.9 Å². The minimum absolute atomic E-state index is 0.224. The largest absolute Gasteiger partial charge is 0.417 e. The van der Waals surface area contributed by atoms with E-state index in [9.17, 15) is 4.21 Å². The van der Waals surface area contributed by atoms with Crippen molar-refractivity contribution in [3.05, 3.63) is 0 Å². The summed E-state index contributed by atoms with van der Waals surface area (Å²) in [7, 11) is -4.00. The molecule has 0 aromatic carbocycles. The Morgan fingerprint density at radius 1 is 1.33 bits per heavy atom. The lowest BCUT2D eigenvalue weighted by atomic mass is 10.2. The van der Waals surface area contributed by atoms with Crippen LogP contribution in [0.1, 0.15) is 27.2 Å². The maximum Gasteiger partial charge on any atom is 0.191 e. The fourth-order valence-electron chi connectivity index (χ4n) is 0.878. The Morgan fingerprint density at radius 3 is 2.13 bits per heavy atom. The average molecular weight is 251 g/mol. The fourth-order valence-corrected chi connectivity index (χ4v) is 2.63. The molecule has 15 heavy (non-hydrogen) atoms. The molecule has 0 saturated heterocycles. The Bertz CT molecular complexity index is 291. The molecule has 0 rings (SSSR count). The molecule has 0 aliphatic carbocycles. The summed E-state index contributed by atoms with van der Waals surface area (Å²) < 4.78 is 24.3. The van der Waals surface area contributed by atoms with Gasteiger partial charge in [-0.2, -0.15) is 0 Å². The SMILES string of the molecule is CC(C)(C)[Si](C)(C)OCCC[S@](C)(=N)=O. The third kappa shape index (κ3) is 6.32. The van der Waals surface area contributed by atoms with Gasteiger partial charge >= 0.3 is 0 Å². The van der Waals surface area contributed by atoms with Crippen molar-refractivity contribution in [3.63, 3.8) is 0 Å². The summed E-state index contributed by atoms with van der Waals surface area (Å²) in [6.45, 7) is 11.7. The second kappa shape index (κ2) is 4.97. The van der Waals surface area contributed by atoms with Gasteiger partial charge in [-0.1, -0.05) is 20.8 Å². The first-order chi connectivity index (χ1) is 6.46. The lowest BCUT2D eigenvalue weighted by Gasteiger charge is -2.36. The van der Waals surface area contributed by atoms with Crippen LogP contribution in [-0.4, -0.2) is 31.1 Å². The molecule has 0 heterocycles. The molecule has 0 fully saturated rings. The van der Waals surface area contributed by atoms with Crippen LogP contribution in [0.4, 0.5) is 0 Å². The van der Waals surface area contributed by atoms with E-state index in [1.165, 1.54) is 6.26 Å². The van der Waals surface area contributed by atoms with Gasteiger partial charge in [0.2, 0.25) is 0 Å². The van der Waals surface area contributed by atoms with E-state index in [0.717, 1.165) is 6.42 Å². The van der Waals surface area contributed by atoms with Crippen molar-refractivity contribution in [3.8, 4) is 0 Å². The summed E-state index contributed by atoms with van der Waals surface area (Å²) >= 11 is 0. The van der Waals surface area contributed by atoms with Crippen LogP contribution in [-0.2, 0) is 14.2 Å². The maximum absolute atomic E-state index is 11.1. The van der Waals surface area contributed by atoms with Crippen LogP contribution in [0.2, 0.25) is 18.1 Å². The van der Waals surface area contributed by atoms with E-state index in [1.807, 2.05) is 0 Å². The molecule has 92 valence electrons. The van der Waals surface area contributed by atoms with E-state index >= 15 is 0 Å². The Kier molecular flexibility index (Phi) is 5.01. The van der Waals surface area contributed by atoms with Crippen molar-refractivity contribution in [1.29, 1.82) is 4.78 Å². The normalized spacial score (nSPS) is 17.5. The minimum atomic E-state index is -2.34. The maximum atomic E-state index is 11.1. The van der Waals surface area contributed by atoms with Crippen LogP contribution < -0.4 is 0 Å². The van der Waals surface area contributed by atoms with Gasteiger partial charge in [-0.15, -0.1) is 0 Å². The van der Waals surface area contributed by atoms with Gasteiger partial charge in [0.15, 0.2) is 8.32 Å². The number of nitrogens with one attached hydrogen (secondary N) is 1.